The molecule has 0 amide bonds. The number of unbranched alkanes of at least 4 members (excludes halogenated alkanes) is 2. The number of H-pyrrole nitrogens is 2. The second-order valence-corrected chi connectivity index (χ2v) is 12.6. The Bertz CT molecular complexity index is 2150. The van der Waals surface area contributed by atoms with Gasteiger partial charge in [-0.3, -0.25) is 4.90 Å². The van der Waals surface area contributed by atoms with Crippen LogP contribution in [0.2, 0.25) is 0 Å². The summed E-state index contributed by atoms with van der Waals surface area (Å²) in [4.78, 5) is 24.3. The molecule has 0 spiro atoms. The van der Waals surface area contributed by atoms with Gasteiger partial charge in [-0.2, -0.15) is 10.5 Å². The van der Waals surface area contributed by atoms with E-state index in [1.54, 1.807) is 6.07 Å². The molecule has 1 saturated heterocycles. The van der Waals surface area contributed by atoms with Gasteiger partial charge in [0.2, 0.25) is 5.76 Å². The van der Waals surface area contributed by atoms with E-state index in [0.717, 1.165) is 110 Å². The number of aromatic amines is 2. The third kappa shape index (κ3) is 6.78. The molecule has 0 radical (unpaired) electrons. The number of esters is 1. The van der Waals surface area contributed by atoms with E-state index in [-0.39, 0.29) is 5.76 Å². The van der Waals surface area contributed by atoms with Crippen LogP contribution in [0.15, 0.2) is 77.5 Å². The summed E-state index contributed by atoms with van der Waals surface area (Å²) in [6, 6.07) is 23.8. The van der Waals surface area contributed by atoms with Gasteiger partial charge in [-0.1, -0.05) is 0 Å². The number of carbonyl (C=O) groups is 1. The van der Waals surface area contributed by atoms with Crippen molar-refractivity contribution >= 4 is 44.4 Å². The van der Waals surface area contributed by atoms with Crippen LogP contribution in [0.5, 0.6) is 0 Å². The Balaban J connectivity index is 0.841. The Morgan fingerprint density at radius 3 is 2.06 bits per heavy atom. The molecule has 3 aromatic carbocycles. The fourth-order valence-corrected chi connectivity index (χ4v) is 6.77. The van der Waals surface area contributed by atoms with Crippen LogP contribution in [-0.2, 0) is 17.6 Å². The van der Waals surface area contributed by atoms with Crippen LogP contribution in [0.25, 0.3) is 32.8 Å². The van der Waals surface area contributed by atoms with Crippen LogP contribution in [0.4, 0.5) is 5.69 Å². The summed E-state index contributed by atoms with van der Waals surface area (Å²) in [5, 5.41) is 21.6. The Morgan fingerprint density at radius 2 is 1.42 bits per heavy atom. The van der Waals surface area contributed by atoms with Crippen LogP contribution >= 0.6 is 0 Å². The fraction of sp³-hybridized carbons (Fsp3) is 0.308. The quantitative estimate of drug-likeness (QED) is 0.105. The van der Waals surface area contributed by atoms with Gasteiger partial charge >= 0.3 is 5.97 Å². The van der Waals surface area contributed by atoms with Crippen molar-refractivity contribution in [3.05, 3.63) is 101 Å². The molecule has 0 unspecified atom stereocenters. The maximum absolute atomic E-state index is 12.8. The van der Waals surface area contributed by atoms with Crippen molar-refractivity contribution in [3.8, 4) is 12.1 Å². The lowest BCUT2D eigenvalue weighted by Crippen LogP contribution is -2.46. The van der Waals surface area contributed by atoms with Gasteiger partial charge in [0.1, 0.15) is 5.58 Å². The number of nitriles is 2. The second kappa shape index (κ2) is 14.1. The summed E-state index contributed by atoms with van der Waals surface area (Å²) < 4.78 is 11.4. The number of fused-ring (bicyclic) bond motifs is 3. The number of benzene rings is 3. The zero-order chi connectivity index (χ0) is 32.9. The maximum atomic E-state index is 12.8. The number of rotatable bonds is 12. The van der Waals surface area contributed by atoms with Crippen molar-refractivity contribution in [2.24, 2.45) is 0 Å². The topological polar surface area (TPSA) is 125 Å². The number of aromatic nitrogens is 2. The molecule has 0 aliphatic carbocycles. The number of anilines is 1. The highest BCUT2D eigenvalue weighted by Crippen LogP contribution is 2.27. The highest BCUT2D eigenvalue weighted by Gasteiger charge is 2.19. The minimum atomic E-state index is -0.441. The van der Waals surface area contributed by atoms with E-state index < -0.39 is 5.97 Å². The predicted molar refractivity (Wildman–Crippen MR) is 187 cm³/mol. The molecule has 3 aromatic heterocycles. The molecular formula is C39H38N6O3. The SMILES string of the molecule is N#Cc1ccc2[nH]cc(CCCCOC(=O)c3cc4cc(N5CCN(CCCCc6c[nH]c7ccc(C#N)cc67)CC5)ccc4o3)c2c1. The number of aryl methyl sites for hydroxylation is 2. The van der Waals surface area contributed by atoms with Crippen LogP contribution in [-0.4, -0.2) is 60.2 Å². The standard InChI is InChI=1S/C39H38N6O3/c40-23-27-7-10-35-33(19-27)29(25-42-35)5-1-3-13-44-14-16-45(17-15-44)32-9-12-37-31(21-32)22-38(48-37)39(46)47-18-4-2-6-30-26-43-36-11-8-28(24-41)20-34(30)36/h7-12,19-22,25-26,42-43H,1-6,13-18H2. The average molecular weight is 639 g/mol. The normalized spacial score (nSPS) is 13.7. The molecule has 9 heteroatoms. The van der Waals surface area contributed by atoms with Crippen molar-refractivity contribution in [3.63, 3.8) is 0 Å². The van der Waals surface area contributed by atoms with Crippen LogP contribution < -0.4 is 4.90 Å². The first-order chi connectivity index (χ1) is 23.6. The number of ether oxygens (including phenoxy) is 1. The molecule has 242 valence electrons. The van der Waals surface area contributed by atoms with E-state index in [1.165, 1.54) is 5.56 Å². The molecule has 9 nitrogen and oxygen atoms in total. The third-order valence-electron chi connectivity index (χ3n) is 9.48. The molecule has 6 aromatic rings. The van der Waals surface area contributed by atoms with Crippen molar-refractivity contribution in [2.45, 2.75) is 38.5 Å². The van der Waals surface area contributed by atoms with E-state index in [9.17, 15) is 15.3 Å². The molecular weight excluding hydrogens is 600 g/mol. The Hall–Kier alpha value is -5.51. The minimum absolute atomic E-state index is 0.228. The van der Waals surface area contributed by atoms with E-state index in [0.29, 0.717) is 23.3 Å². The maximum Gasteiger partial charge on any atom is 0.374 e. The summed E-state index contributed by atoms with van der Waals surface area (Å²) in [6.07, 6.45) is 9.77. The molecule has 1 aliphatic heterocycles. The summed E-state index contributed by atoms with van der Waals surface area (Å²) in [5.41, 5.74) is 7.73. The largest absolute Gasteiger partial charge is 0.460 e. The Morgan fingerprint density at radius 1 is 0.771 bits per heavy atom. The second-order valence-electron chi connectivity index (χ2n) is 12.6. The molecule has 4 heterocycles. The van der Waals surface area contributed by atoms with Crippen molar-refractivity contribution < 1.29 is 13.9 Å². The highest BCUT2D eigenvalue weighted by molar-refractivity contribution is 5.93. The lowest BCUT2D eigenvalue weighted by atomic mass is 10.1. The monoisotopic (exact) mass is 638 g/mol. The molecule has 0 saturated carbocycles. The van der Waals surface area contributed by atoms with Gasteiger partial charge in [-0.25, -0.2) is 4.79 Å². The van der Waals surface area contributed by atoms with Gasteiger partial charge < -0.3 is 24.0 Å². The van der Waals surface area contributed by atoms with Crippen LogP contribution in [0, 0.1) is 22.7 Å². The van der Waals surface area contributed by atoms with Crippen LogP contribution in [0.1, 0.15) is 58.5 Å². The zero-order valence-electron chi connectivity index (χ0n) is 26.9. The first kappa shape index (κ1) is 31.1. The molecule has 0 bridgehead atoms. The first-order valence-electron chi connectivity index (χ1n) is 16.8. The van der Waals surface area contributed by atoms with Gasteiger partial charge in [0.15, 0.2) is 0 Å². The number of nitrogens with zero attached hydrogens (tertiary/aromatic N) is 4. The number of piperazine rings is 1. The van der Waals surface area contributed by atoms with Gasteiger partial charge in [0.25, 0.3) is 0 Å². The smallest absolute Gasteiger partial charge is 0.374 e. The summed E-state index contributed by atoms with van der Waals surface area (Å²) in [6.45, 7) is 5.34. The van der Waals surface area contributed by atoms with Gasteiger partial charge in [-0.05, 0) is 117 Å². The first-order valence-corrected chi connectivity index (χ1v) is 16.8. The number of nitrogens with one attached hydrogen (secondary N) is 2. The van der Waals surface area contributed by atoms with E-state index in [1.807, 2.05) is 48.7 Å². The van der Waals surface area contributed by atoms with Gasteiger partial charge in [0, 0.05) is 71.5 Å². The number of hydrogen-bond acceptors (Lipinski definition) is 7. The third-order valence-corrected chi connectivity index (χ3v) is 9.48. The Labute approximate surface area is 279 Å². The number of furan rings is 1. The van der Waals surface area contributed by atoms with Crippen molar-refractivity contribution in [1.29, 1.82) is 10.5 Å². The van der Waals surface area contributed by atoms with E-state index in [4.69, 9.17) is 9.15 Å². The molecule has 7 rings (SSSR count). The molecule has 1 fully saturated rings. The molecule has 1 aliphatic rings. The molecule has 2 N–H and O–H groups in total. The average Bonchev–Trinajstić information content (AvgIpc) is 3.86. The minimum Gasteiger partial charge on any atom is -0.460 e. The molecule has 0 atom stereocenters. The Kier molecular flexibility index (Phi) is 9.13. The lowest BCUT2D eigenvalue weighted by Gasteiger charge is -2.36. The zero-order valence-corrected chi connectivity index (χ0v) is 26.9. The van der Waals surface area contributed by atoms with Crippen molar-refractivity contribution in [2.75, 3.05) is 44.2 Å². The summed E-state index contributed by atoms with van der Waals surface area (Å²) >= 11 is 0. The molecule has 48 heavy (non-hydrogen) atoms. The highest BCUT2D eigenvalue weighted by atomic mass is 16.5. The number of hydrogen-bond donors (Lipinski definition) is 2. The fourth-order valence-electron chi connectivity index (χ4n) is 6.77. The number of carbonyl (C=O) groups excluding carboxylic acids is 1. The van der Waals surface area contributed by atoms with Gasteiger partial charge in [0.05, 0.1) is 29.9 Å². The van der Waals surface area contributed by atoms with Gasteiger partial charge in [-0.15, -0.1) is 0 Å². The van der Waals surface area contributed by atoms with E-state index >= 15 is 0 Å². The lowest BCUT2D eigenvalue weighted by molar-refractivity contribution is 0.0465. The van der Waals surface area contributed by atoms with Crippen molar-refractivity contribution in [1.82, 2.24) is 14.9 Å². The van der Waals surface area contributed by atoms with Crippen LogP contribution in [0.3, 0.4) is 0 Å². The van der Waals surface area contributed by atoms with E-state index in [2.05, 4.69) is 50.2 Å². The predicted octanol–water partition coefficient (Wildman–Crippen LogP) is 7.46. The summed E-state index contributed by atoms with van der Waals surface area (Å²) in [5.74, 6) is -0.213. The summed E-state index contributed by atoms with van der Waals surface area (Å²) in [7, 11) is 0.